The molecule has 0 aliphatic rings. The van der Waals surface area contributed by atoms with Gasteiger partial charge in [-0.2, -0.15) is 0 Å². The number of rotatable bonds is 7. The molecule has 120 valence electrons. The van der Waals surface area contributed by atoms with Crippen LogP contribution in [0, 0.1) is 0 Å². The van der Waals surface area contributed by atoms with Crippen LogP contribution in [0.2, 0.25) is 10.0 Å². The summed E-state index contributed by atoms with van der Waals surface area (Å²) in [6.07, 6.45) is 1.23. The number of aliphatic hydroxyl groups excluding tert-OH is 1. The Balaban J connectivity index is 2.14. The van der Waals surface area contributed by atoms with E-state index in [1.54, 1.807) is 18.3 Å². The van der Waals surface area contributed by atoms with E-state index in [1.807, 2.05) is 6.07 Å². The number of pyridine rings is 1. The van der Waals surface area contributed by atoms with Gasteiger partial charge in [0.25, 0.3) is 0 Å². The van der Waals surface area contributed by atoms with E-state index in [0.717, 1.165) is 24.2 Å². The molecule has 0 spiro atoms. The van der Waals surface area contributed by atoms with Gasteiger partial charge in [0.05, 0.1) is 21.7 Å². The molecule has 1 aromatic heterocycles. The Labute approximate surface area is 141 Å². The monoisotopic (exact) mass is 341 g/mol. The van der Waals surface area contributed by atoms with Crippen molar-refractivity contribution in [2.75, 3.05) is 31.5 Å². The number of benzene rings is 1. The van der Waals surface area contributed by atoms with Crippen LogP contribution in [0.3, 0.4) is 0 Å². The van der Waals surface area contributed by atoms with Crippen molar-refractivity contribution in [2.45, 2.75) is 20.0 Å². The van der Waals surface area contributed by atoms with Gasteiger partial charge in [-0.05, 0) is 31.3 Å². The lowest BCUT2D eigenvalue weighted by atomic mass is 10.2. The molecule has 1 heterocycles. The first-order chi connectivity index (χ1) is 10.6. The minimum absolute atomic E-state index is 0.443. The number of nitrogens with one attached hydrogen (secondary N) is 1. The van der Waals surface area contributed by atoms with Gasteiger partial charge in [0.2, 0.25) is 0 Å². The zero-order chi connectivity index (χ0) is 16.1. The van der Waals surface area contributed by atoms with Gasteiger partial charge in [-0.3, -0.25) is 4.98 Å². The van der Waals surface area contributed by atoms with Gasteiger partial charge in [0, 0.05) is 30.4 Å². The molecule has 0 amide bonds. The Morgan fingerprint density at radius 3 is 2.55 bits per heavy atom. The summed E-state index contributed by atoms with van der Waals surface area (Å²) in [5, 5.41) is 15.3. The third-order valence-electron chi connectivity index (χ3n) is 3.68. The number of hydrogen-bond acceptors (Lipinski definition) is 4. The van der Waals surface area contributed by atoms with E-state index < -0.39 is 6.10 Å². The van der Waals surface area contributed by atoms with Gasteiger partial charge >= 0.3 is 0 Å². The fourth-order valence-electron chi connectivity index (χ4n) is 2.41. The second-order valence-electron chi connectivity index (χ2n) is 5.13. The van der Waals surface area contributed by atoms with E-state index in [9.17, 15) is 5.11 Å². The molecule has 0 radical (unpaired) electrons. The summed E-state index contributed by atoms with van der Waals surface area (Å²) in [4.78, 5) is 6.46. The molecule has 1 atom stereocenters. The molecule has 2 rings (SSSR count). The number of hydrogen-bond donors (Lipinski definition) is 2. The van der Waals surface area contributed by atoms with E-state index in [4.69, 9.17) is 23.2 Å². The van der Waals surface area contributed by atoms with E-state index in [2.05, 4.69) is 29.0 Å². The Kier molecular flexibility index (Phi) is 6.26. The fraction of sp³-hybridized carbons (Fsp3) is 0.438. The lowest BCUT2D eigenvalue weighted by molar-refractivity contribution is 0.128. The summed E-state index contributed by atoms with van der Waals surface area (Å²) in [7, 11) is 0. The van der Waals surface area contributed by atoms with Crippen LogP contribution in [0.1, 0.15) is 13.8 Å². The Bertz CT molecular complexity index is 632. The van der Waals surface area contributed by atoms with Gasteiger partial charge in [0.1, 0.15) is 0 Å². The Morgan fingerprint density at radius 2 is 1.86 bits per heavy atom. The molecule has 1 aromatic carbocycles. The highest BCUT2D eigenvalue weighted by molar-refractivity contribution is 6.40. The summed E-state index contributed by atoms with van der Waals surface area (Å²) >= 11 is 12.4. The van der Waals surface area contributed by atoms with Crippen LogP contribution in [0.15, 0.2) is 24.4 Å². The second kappa shape index (κ2) is 7.97. The second-order valence-corrected chi connectivity index (χ2v) is 5.95. The molecule has 2 N–H and O–H groups in total. The molecule has 2 aromatic rings. The molecule has 22 heavy (non-hydrogen) atoms. The van der Waals surface area contributed by atoms with Gasteiger partial charge < -0.3 is 15.3 Å². The molecule has 0 aliphatic heterocycles. The molecule has 0 unspecified atom stereocenters. The number of anilines is 1. The summed E-state index contributed by atoms with van der Waals surface area (Å²) in [5.41, 5.74) is 1.49. The summed E-state index contributed by atoms with van der Waals surface area (Å²) in [6.45, 7) is 7.10. The average molecular weight is 342 g/mol. The van der Waals surface area contributed by atoms with Crippen molar-refractivity contribution in [2.24, 2.45) is 0 Å². The number of aromatic nitrogens is 1. The van der Waals surface area contributed by atoms with Crippen molar-refractivity contribution in [3.05, 3.63) is 34.4 Å². The van der Waals surface area contributed by atoms with Crippen molar-refractivity contribution in [1.29, 1.82) is 0 Å². The van der Waals surface area contributed by atoms with Gasteiger partial charge in [-0.25, -0.2) is 0 Å². The van der Waals surface area contributed by atoms with E-state index >= 15 is 0 Å². The maximum absolute atomic E-state index is 10.2. The standard InChI is InChI=1S/C16H21Cl2N3O/c1-3-21(4-2)10-11(22)9-20-14-7-8-19-16-13(18)6-5-12(17)15(14)16/h5-8,11,22H,3-4,9-10H2,1-2H3,(H,19,20)/t11-/m0/s1. The molecule has 0 fully saturated rings. The fourth-order valence-corrected chi connectivity index (χ4v) is 2.87. The van der Waals surface area contributed by atoms with Crippen LogP contribution < -0.4 is 5.32 Å². The highest BCUT2D eigenvalue weighted by Gasteiger charge is 2.12. The quantitative estimate of drug-likeness (QED) is 0.806. The van der Waals surface area contributed by atoms with Crippen LogP contribution in [0.4, 0.5) is 5.69 Å². The van der Waals surface area contributed by atoms with Gasteiger partial charge in [0.15, 0.2) is 0 Å². The summed E-state index contributed by atoms with van der Waals surface area (Å²) in [5.74, 6) is 0. The minimum atomic E-state index is -0.457. The van der Waals surface area contributed by atoms with Gasteiger partial charge in [-0.15, -0.1) is 0 Å². The minimum Gasteiger partial charge on any atom is -0.390 e. The largest absolute Gasteiger partial charge is 0.390 e. The Morgan fingerprint density at radius 1 is 1.18 bits per heavy atom. The van der Waals surface area contributed by atoms with Crippen LogP contribution >= 0.6 is 23.2 Å². The lowest BCUT2D eigenvalue weighted by Crippen LogP contribution is -2.35. The molecular weight excluding hydrogens is 321 g/mol. The maximum atomic E-state index is 10.2. The number of fused-ring (bicyclic) bond motifs is 1. The molecule has 0 saturated heterocycles. The van der Waals surface area contributed by atoms with E-state index in [0.29, 0.717) is 28.7 Å². The third-order valence-corrected chi connectivity index (χ3v) is 4.30. The molecule has 0 bridgehead atoms. The van der Waals surface area contributed by atoms with Crippen LogP contribution in [0.5, 0.6) is 0 Å². The van der Waals surface area contributed by atoms with E-state index in [1.165, 1.54) is 0 Å². The first kappa shape index (κ1) is 17.3. The van der Waals surface area contributed by atoms with E-state index in [-0.39, 0.29) is 0 Å². The first-order valence-corrected chi connectivity index (χ1v) is 8.19. The maximum Gasteiger partial charge on any atom is 0.0923 e. The first-order valence-electron chi connectivity index (χ1n) is 7.43. The number of nitrogens with zero attached hydrogens (tertiary/aromatic N) is 2. The van der Waals surface area contributed by atoms with Crippen molar-refractivity contribution >= 4 is 39.8 Å². The predicted molar refractivity (Wildman–Crippen MR) is 94.0 cm³/mol. The zero-order valence-corrected chi connectivity index (χ0v) is 14.3. The Hall–Kier alpha value is -1.07. The number of aliphatic hydroxyl groups is 1. The van der Waals surface area contributed by atoms with Crippen LogP contribution in [-0.4, -0.2) is 47.3 Å². The SMILES string of the molecule is CCN(CC)C[C@@H](O)CNc1ccnc2c(Cl)ccc(Cl)c12. The number of halogens is 2. The van der Waals surface area contributed by atoms with Crippen molar-refractivity contribution in [3.8, 4) is 0 Å². The van der Waals surface area contributed by atoms with Gasteiger partial charge in [-0.1, -0.05) is 37.0 Å². The number of likely N-dealkylation sites (N-methyl/N-ethyl adjacent to an activating group) is 1. The zero-order valence-electron chi connectivity index (χ0n) is 12.8. The molecular formula is C16H21Cl2N3O. The van der Waals surface area contributed by atoms with Crippen molar-refractivity contribution < 1.29 is 5.11 Å². The molecule has 6 heteroatoms. The molecule has 0 saturated carbocycles. The lowest BCUT2D eigenvalue weighted by Gasteiger charge is -2.22. The normalized spacial score (nSPS) is 12.8. The van der Waals surface area contributed by atoms with Crippen molar-refractivity contribution in [1.82, 2.24) is 9.88 Å². The summed E-state index contributed by atoms with van der Waals surface area (Å²) in [6, 6.07) is 5.33. The molecule has 4 nitrogen and oxygen atoms in total. The third kappa shape index (κ3) is 4.02. The smallest absolute Gasteiger partial charge is 0.0923 e. The molecule has 0 aliphatic carbocycles. The topological polar surface area (TPSA) is 48.4 Å². The highest BCUT2D eigenvalue weighted by Crippen LogP contribution is 2.33. The van der Waals surface area contributed by atoms with Crippen LogP contribution in [0.25, 0.3) is 10.9 Å². The summed E-state index contributed by atoms with van der Waals surface area (Å²) < 4.78 is 0. The van der Waals surface area contributed by atoms with Crippen LogP contribution in [-0.2, 0) is 0 Å². The average Bonchev–Trinajstić information content (AvgIpc) is 2.54. The van der Waals surface area contributed by atoms with Crippen molar-refractivity contribution in [3.63, 3.8) is 0 Å². The predicted octanol–water partition coefficient (Wildman–Crippen LogP) is 3.66. The highest BCUT2D eigenvalue weighted by atomic mass is 35.5.